The summed E-state index contributed by atoms with van der Waals surface area (Å²) in [6.07, 6.45) is 1.74. The van der Waals surface area contributed by atoms with Gasteiger partial charge in [-0.25, -0.2) is 9.59 Å². The van der Waals surface area contributed by atoms with Crippen LogP contribution in [0.4, 0.5) is 15.3 Å². The molecule has 3 aromatic rings. The van der Waals surface area contributed by atoms with E-state index in [1.165, 1.54) is 16.7 Å². The molecule has 0 bridgehead atoms. The first-order chi connectivity index (χ1) is 16.1. The molecule has 0 saturated carbocycles. The maximum Gasteiger partial charge on any atom is 0.413 e. The van der Waals surface area contributed by atoms with Gasteiger partial charge in [-0.15, -0.1) is 0 Å². The number of amides is 2. The monoisotopic (exact) mass is 461 g/mol. The highest BCUT2D eigenvalue weighted by Gasteiger charge is 2.39. The molecule has 33 heavy (non-hydrogen) atoms. The smallest absolute Gasteiger partial charge is 0.413 e. The van der Waals surface area contributed by atoms with Crippen LogP contribution in [0.2, 0.25) is 0 Å². The third-order valence-electron chi connectivity index (χ3n) is 5.10. The fourth-order valence-electron chi connectivity index (χ4n) is 3.55. The molecule has 0 fully saturated rings. The molecule has 2 aliphatic rings. The molecule has 3 aromatic carbocycles. The van der Waals surface area contributed by atoms with Crippen LogP contribution in [0, 0.1) is 0 Å². The maximum absolute atomic E-state index is 12.1. The molecular weight excluding hydrogens is 442 g/mol. The van der Waals surface area contributed by atoms with Crippen molar-refractivity contribution in [2.75, 3.05) is 4.90 Å². The summed E-state index contributed by atoms with van der Waals surface area (Å²) in [6, 6.07) is 21.9. The molecule has 2 N–H and O–H groups in total. The molecule has 0 aromatic heterocycles. The van der Waals surface area contributed by atoms with Crippen LogP contribution in [0.1, 0.15) is 5.56 Å². The molecule has 2 amide bonds. The standard InChI is InChI=1S/C24H19N3O5S/c28-22(32-17-7-2-1-3-8-17)25-15-16-6-4-5-9-20(16)31-18-10-11-21-19(14-18)26-12-13-27(24(29)30)23(26)33-21/h1-14,23H,15H2,(H,25,28)(H,29,30). The molecule has 1 atom stereocenters. The number of anilines is 1. The Morgan fingerprint density at radius 3 is 2.58 bits per heavy atom. The van der Waals surface area contributed by atoms with E-state index in [9.17, 15) is 14.7 Å². The highest BCUT2D eigenvalue weighted by molar-refractivity contribution is 8.00. The van der Waals surface area contributed by atoms with Crippen molar-refractivity contribution >= 4 is 29.6 Å². The van der Waals surface area contributed by atoms with Gasteiger partial charge in [0.05, 0.1) is 5.69 Å². The normalized spacial score (nSPS) is 15.7. The number of nitrogens with one attached hydrogen (secondary N) is 1. The Morgan fingerprint density at radius 1 is 0.970 bits per heavy atom. The van der Waals surface area contributed by atoms with Gasteiger partial charge in [0.2, 0.25) is 0 Å². The van der Waals surface area contributed by atoms with E-state index in [1.807, 2.05) is 53.4 Å². The van der Waals surface area contributed by atoms with Crippen LogP contribution in [-0.4, -0.2) is 27.7 Å². The molecule has 1 unspecified atom stereocenters. The first-order valence-electron chi connectivity index (χ1n) is 10.1. The first kappa shape index (κ1) is 20.8. The van der Waals surface area contributed by atoms with E-state index in [4.69, 9.17) is 9.47 Å². The van der Waals surface area contributed by atoms with Gasteiger partial charge in [0, 0.05) is 35.5 Å². The Bertz CT molecular complexity index is 1230. The second kappa shape index (κ2) is 8.79. The number of para-hydroxylation sites is 2. The molecule has 2 aliphatic heterocycles. The summed E-state index contributed by atoms with van der Waals surface area (Å²) in [4.78, 5) is 27.7. The number of rotatable bonds is 5. The molecular formula is C24H19N3O5S. The molecule has 8 nitrogen and oxygen atoms in total. The van der Waals surface area contributed by atoms with Crippen molar-refractivity contribution < 1.29 is 24.2 Å². The average molecular weight is 461 g/mol. The van der Waals surface area contributed by atoms with Crippen molar-refractivity contribution in [1.82, 2.24) is 10.2 Å². The van der Waals surface area contributed by atoms with Gasteiger partial charge in [-0.1, -0.05) is 48.2 Å². The number of fused-ring (bicyclic) bond motifs is 3. The van der Waals surface area contributed by atoms with Crippen molar-refractivity contribution in [2.24, 2.45) is 0 Å². The van der Waals surface area contributed by atoms with E-state index in [0.29, 0.717) is 17.2 Å². The molecule has 2 heterocycles. The molecule has 0 radical (unpaired) electrons. The molecule has 166 valence electrons. The van der Waals surface area contributed by atoms with Crippen LogP contribution in [0.15, 0.2) is 90.1 Å². The van der Waals surface area contributed by atoms with Crippen LogP contribution in [0.25, 0.3) is 0 Å². The summed E-state index contributed by atoms with van der Waals surface area (Å²) in [5, 5.41) is 12.1. The van der Waals surface area contributed by atoms with Gasteiger partial charge in [0.1, 0.15) is 17.2 Å². The summed E-state index contributed by atoms with van der Waals surface area (Å²) >= 11 is 1.46. The zero-order valence-corrected chi connectivity index (χ0v) is 18.1. The third-order valence-corrected chi connectivity index (χ3v) is 6.37. The number of hydrogen-bond acceptors (Lipinski definition) is 6. The number of ether oxygens (including phenoxy) is 2. The van der Waals surface area contributed by atoms with Crippen LogP contribution in [0.3, 0.4) is 0 Å². The van der Waals surface area contributed by atoms with Crippen LogP contribution >= 0.6 is 11.8 Å². The summed E-state index contributed by atoms with van der Waals surface area (Å²) in [6.45, 7) is 0.229. The summed E-state index contributed by atoms with van der Waals surface area (Å²) in [7, 11) is 0. The van der Waals surface area contributed by atoms with Crippen molar-refractivity contribution in [1.29, 1.82) is 0 Å². The zero-order chi connectivity index (χ0) is 22.8. The second-order valence-electron chi connectivity index (χ2n) is 7.23. The van der Waals surface area contributed by atoms with Crippen LogP contribution in [-0.2, 0) is 6.54 Å². The predicted octanol–water partition coefficient (Wildman–Crippen LogP) is 5.43. The molecule has 9 heteroatoms. The van der Waals surface area contributed by atoms with E-state index < -0.39 is 12.2 Å². The van der Waals surface area contributed by atoms with Gasteiger partial charge in [-0.3, -0.25) is 4.90 Å². The Labute approximate surface area is 194 Å². The quantitative estimate of drug-likeness (QED) is 0.524. The number of carboxylic acid groups (broad SMARTS) is 1. The molecule has 0 spiro atoms. The highest BCUT2D eigenvalue weighted by Crippen LogP contribution is 2.48. The minimum atomic E-state index is -0.997. The van der Waals surface area contributed by atoms with Crippen molar-refractivity contribution in [3.63, 3.8) is 0 Å². The fourth-order valence-corrected chi connectivity index (χ4v) is 4.78. The number of hydrogen-bond donors (Lipinski definition) is 2. The summed E-state index contributed by atoms with van der Waals surface area (Å²) in [5.41, 5.74) is 1.32. The Kier molecular flexibility index (Phi) is 5.54. The van der Waals surface area contributed by atoms with E-state index in [1.54, 1.807) is 36.7 Å². The zero-order valence-electron chi connectivity index (χ0n) is 17.3. The topological polar surface area (TPSA) is 91.3 Å². The number of thioether (sulfide) groups is 1. The van der Waals surface area contributed by atoms with Crippen molar-refractivity contribution in [3.8, 4) is 17.2 Å². The lowest BCUT2D eigenvalue weighted by molar-refractivity contribution is 0.163. The van der Waals surface area contributed by atoms with E-state index >= 15 is 0 Å². The van der Waals surface area contributed by atoms with E-state index in [0.717, 1.165) is 16.1 Å². The minimum absolute atomic E-state index is 0.229. The van der Waals surface area contributed by atoms with Gasteiger partial charge < -0.3 is 24.8 Å². The Hall–Kier alpha value is -4.11. The predicted molar refractivity (Wildman–Crippen MR) is 123 cm³/mol. The van der Waals surface area contributed by atoms with Crippen molar-refractivity contribution in [3.05, 3.63) is 90.8 Å². The number of benzene rings is 3. The lowest BCUT2D eigenvalue weighted by atomic mass is 10.2. The van der Waals surface area contributed by atoms with Gasteiger partial charge in [-0.2, -0.15) is 0 Å². The highest BCUT2D eigenvalue weighted by atomic mass is 32.2. The van der Waals surface area contributed by atoms with Crippen molar-refractivity contribution in [2.45, 2.75) is 16.9 Å². The second-order valence-corrected chi connectivity index (χ2v) is 8.33. The summed E-state index contributed by atoms with van der Waals surface area (Å²) in [5.74, 6) is 1.67. The lowest BCUT2D eigenvalue weighted by Gasteiger charge is -2.21. The minimum Gasteiger partial charge on any atom is -0.465 e. The number of carbonyl (C=O) groups is 2. The van der Waals surface area contributed by atoms with Crippen LogP contribution < -0.4 is 19.7 Å². The maximum atomic E-state index is 12.1. The van der Waals surface area contributed by atoms with E-state index in [2.05, 4.69) is 5.32 Å². The molecule has 5 rings (SSSR count). The average Bonchev–Trinajstić information content (AvgIpc) is 3.38. The van der Waals surface area contributed by atoms with Gasteiger partial charge in [0.15, 0.2) is 5.50 Å². The Morgan fingerprint density at radius 2 is 1.76 bits per heavy atom. The van der Waals surface area contributed by atoms with Gasteiger partial charge in [0.25, 0.3) is 0 Å². The van der Waals surface area contributed by atoms with Gasteiger partial charge >= 0.3 is 12.2 Å². The van der Waals surface area contributed by atoms with E-state index in [-0.39, 0.29) is 12.0 Å². The molecule has 0 aliphatic carbocycles. The fraction of sp³-hybridized carbons (Fsp3) is 0.0833. The Balaban J connectivity index is 1.27. The van der Waals surface area contributed by atoms with Gasteiger partial charge in [-0.05, 0) is 30.3 Å². The summed E-state index contributed by atoms with van der Waals surface area (Å²) < 4.78 is 11.4. The third kappa shape index (κ3) is 4.31. The molecule has 0 saturated heterocycles. The first-order valence-corrected chi connectivity index (χ1v) is 11.0. The number of nitrogens with zero attached hydrogens (tertiary/aromatic N) is 2. The lowest BCUT2D eigenvalue weighted by Crippen LogP contribution is -2.35. The number of carbonyl (C=O) groups excluding carboxylic acids is 1. The largest absolute Gasteiger partial charge is 0.465 e. The SMILES string of the molecule is O=C(NCc1ccccc1Oc1ccc2c(c1)N1C=CN(C(=O)O)C1S2)Oc1ccccc1. The van der Waals surface area contributed by atoms with Crippen LogP contribution in [0.5, 0.6) is 17.2 Å².